The molecule has 0 radical (unpaired) electrons. The van der Waals surface area contributed by atoms with Crippen molar-refractivity contribution in [1.82, 2.24) is 5.32 Å². The third kappa shape index (κ3) is 3.77. The number of carbonyl (C=O) groups excluding carboxylic acids is 1. The van der Waals surface area contributed by atoms with Crippen molar-refractivity contribution in [2.24, 2.45) is 0 Å². The summed E-state index contributed by atoms with van der Waals surface area (Å²) in [4.78, 5) is 12.3. The fourth-order valence-electron chi connectivity index (χ4n) is 2.20. The molecule has 0 saturated carbocycles. The molecule has 116 valence electrons. The molecule has 1 N–H and O–H groups in total. The summed E-state index contributed by atoms with van der Waals surface area (Å²) in [5, 5.41) is 2.87. The lowest BCUT2D eigenvalue weighted by Crippen LogP contribution is -2.39. The van der Waals surface area contributed by atoms with E-state index in [0.29, 0.717) is 16.6 Å². The molecule has 0 aromatic heterocycles. The zero-order valence-electron chi connectivity index (χ0n) is 11.5. The molecule has 2 rings (SSSR count). The molecule has 1 aliphatic rings. The van der Waals surface area contributed by atoms with Crippen LogP contribution in [0.5, 0.6) is 0 Å². The molecule has 1 fully saturated rings. The molecule has 2 unspecified atom stereocenters. The average Bonchev–Trinajstić information content (AvgIpc) is 2.76. The second-order valence-electron chi connectivity index (χ2n) is 4.96. The van der Waals surface area contributed by atoms with Gasteiger partial charge in [-0.25, -0.2) is 8.42 Å². The summed E-state index contributed by atoms with van der Waals surface area (Å²) < 4.78 is 28.8. The van der Waals surface area contributed by atoms with Gasteiger partial charge in [-0.3, -0.25) is 4.79 Å². The molecule has 0 spiro atoms. The smallest absolute Gasteiger partial charge is 0.261 e. The highest BCUT2D eigenvalue weighted by Gasteiger charge is 2.27. The Morgan fingerprint density at radius 1 is 1.48 bits per heavy atom. The number of amides is 1. The Hall–Kier alpha value is -0.630. The summed E-state index contributed by atoms with van der Waals surface area (Å²) in [7, 11) is 1.45. The zero-order chi connectivity index (χ0) is 15.8. The summed E-state index contributed by atoms with van der Waals surface area (Å²) in [6.07, 6.45) is 0.679. The van der Waals surface area contributed by atoms with Crippen LogP contribution in [0.1, 0.15) is 29.3 Å². The molecule has 21 heavy (non-hydrogen) atoms. The van der Waals surface area contributed by atoms with Gasteiger partial charge in [0.1, 0.15) is 0 Å². The molecule has 0 bridgehead atoms. The third-order valence-corrected chi connectivity index (χ3v) is 5.69. The highest BCUT2D eigenvalue weighted by molar-refractivity contribution is 9.10. The highest BCUT2D eigenvalue weighted by atomic mass is 79.9. The molecule has 2 atom stereocenters. The Labute approximate surface area is 136 Å². The Morgan fingerprint density at radius 2 is 2.14 bits per heavy atom. The van der Waals surface area contributed by atoms with Gasteiger partial charge in [0.15, 0.2) is 0 Å². The van der Waals surface area contributed by atoms with Crippen molar-refractivity contribution >= 4 is 41.6 Å². The van der Waals surface area contributed by atoms with E-state index in [-0.39, 0.29) is 28.5 Å². The number of nitrogens with one attached hydrogen (secondary N) is 1. The largest absolute Gasteiger partial charge is 0.376 e. The monoisotopic (exact) mass is 395 g/mol. The molecule has 1 aromatic rings. The normalized spacial score (nSPS) is 22.3. The first-order valence-corrected chi connectivity index (χ1v) is 9.47. The van der Waals surface area contributed by atoms with Crippen molar-refractivity contribution in [2.45, 2.75) is 37.3 Å². The van der Waals surface area contributed by atoms with Gasteiger partial charge in [-0.15, -0.1) is 0 Å². The quantitative estimate of drug-likeness (QED) is 0.797. The van der Waals surface area contributed by atoms with Crippen LogP contribution >= 0.6 is 26.6 Å². The van der Waals surface area contributed by atoms with Gasteiger partial charge < -0.3 is 10.1 Å². The predicted octanol–water partition coefficient (Wildman–Crippen LogP) is 2.59. The standard InChI is InChI=1S/C13H15BrClNO4S/c1-7-10(5-9(6-11(7)14)21(15,18)19)13(17)16-12-3-4-20-8(12)2/h5-6,8,12H,3-4H2,1-2H3,(H,16,17). The molecule has 1 amide bonds. The number of halogens is 2. The molecular formula is C13H15BrClNO4S. The minimum atomic E-state index is -3.90. The maximum atomic E-state index is 12.4. The van der Waals surface area contributed by atoms with E-state index in [1.165, 1.54) is 12.1 Å². The predicted molar refractivity (Wildman–Crippen MR) is 83.2 cm³/mol. The molecule has 1 heterocycles. The average molecular weight is 397 g/mol. The van der Waals surface area contributed by atoms with Crippen LogP contribution < -0.4 is 5.32 Å². The van der Waals surface area contributed by atoms with Gasteiger partial charge in [0.05, 0.1) is 17.0 Å². The SMILES string of the molecule is Cc1c(Br)cc(S(=O)(=O)Cl)cc1C(=O)NC1CCOC1C. The van der Waals surface area contributed by atoms with Gasteiger partial charge in [0.25, 0.3) is 15.0 Å². The van der Waals surface area contributed by atoms with Gasteiger partial charge >= 0.3 is 0 Å². The fraction of sp³-hybridized carbons (Fsp3) is 0.462. The Kier molecular flexibility index (Phi) is 4.97. The number of ether oxygens (including phenoxy) is 1. The van der Waals surface area contributed by atoms with E-state index in [1.807, 2.05) is 6.92 Å². The number of hydrogen-bond acceptors (Lipinski definition) is 4. The zero-order valence-corrected chi connectivity index (χ0v) is 14.7. The van der Waals surface area contributed by atoms with Gasteiger partial charge in [0, 0.05) is 27.3 Å². The molecule has 5 nitrogen and oxygen atoms in total. The van der Waals surface area contributed by atoms with Crippen molar-refractivity contribution < 1.29 is 17.9 Å². The maximum Gasteiger partial charge on any atom is 0.261 e. The van der Waals surface area contributed by atoms with E-state index in [9.17, 15) is 13.2 Å². The molecule has 0 aliphatic carbocycles. The fourth-order valence-corrected chi connectivity index (χ4v) is 3.59. The molecule has 1 aromatic carbocycles. The van der Waals surface area contributed by atoms with Gasteiger partial charge in [0.2, 0.25) is 0 Å². The van der Waals surface area contributed by atoms with Crippen molar-refractivity contribution in [3.63, 3.8) is 0 Å². The molecule has 1 aliphatic heterocycles. The minimum absolute atomic E-state index is 0.0577. The lowest BCUT2D eigenvalue weighted by atomic mass is 10.1. The van der Waals surface area contributed by atoms with E-state index in [4.69, 9.17) is 15.4 Å². The molecule has 8 heteroatoms. The Bertz CT molecular complexity index is 677. The second kappa shape index (κ2) is 6.24. The maximum absolute atomic E-state index is 12.4. The highest BCUT2D eigenvalue weighted by Crippen LogP contribution is 2.27. The lowest BCUT2D eigenvalue weighted by molar-refractivity contribution is 0.0865. The van der Waals surface area contributed by atoms with Crippen LogP contribution in [0.4, 0.5) is 0 Å². The van der Waals surface area contributed by atoms with Crippen molar-refractivity contribution in [1.29, 1.82) is 0 Å². The van der Waals surface area contributed by atoms with Crippen molar-refractivity contribution in [2.75, 3.05) is 6.61 Å². The van der Waals surface area contributed by atoms with Gasteiger partial charge in [-0.2, -0.15) is 0 Å². The Morgan fingerprint density at radius 3 is 2.67 bits per heavy atom. The van der Waals surface area contributed by atoms with Crippen molar-refractivity contribution in [3.8, 4) is 0 Å². The van der Waals surface area contributed by atoms with Crippen LogP contribution in [0.25, 0.3) is 0 Å². The molecular weight excluding hydrogens is 382 g/mol. The summed E-state index contributed by atoms with van der Waals surface area (Å²) in [5.74, 6) is -0.335. The number of hydrogen-bond donors (Lipinski definition) is 1. The van der Waals surface area contributed by atoms with Gasteiger partial charge in [-0.05, 0) is 38.0 Å². The first-order chi connectivity index (χ1) is 9.70. The molecule has 1 saturated heterocycles. The Balaban J connectivity index is 2.34. The van der Waals surface area contributed by atoms with E-state index in [1.54, 1.807) is 6.92 Å². The van der Waals surface area contributed by atoms with Crippen LogP contribution in [0.3, 0.4) is 0 Å². The number of rotatable bonds is 3. The first kappa shape index (κ1) is 16.7. The van der Waals surface area contributed by atoms with Crippen LogP contribution in [0, 0.1) is 6.92 Å². The van der Waals surface area contributed by atoms with Gasteiger partial charge in [-0.1, -0.05) is 15.9 Å². The third-order valence-electron chi connectivity index (χ3n) is 3.54. The topological polar surface area (TPSA) is 72.5 Å². The summed E-state index contributed by atoms with van der Waals surface area (Å²) in [6.45, 7) is 4.23. The second-order valence-corrected chi connectivity index (χ2v) is 8.38. The summed E-state index contributed by atoms with van der Waals surface area (Å²) in [6, 6.07) is 2.60. The van der Waals surface area contributed by atoms with Crippen LogP contribution in [0.2, 0.25) is 0 Å². The van der Waals surface area contributed by atoms with E-state index < -0.39 is 9.05 Å². The number of benzene rings is 1. The van der Waals surface area contributed by atoms with Crippen LogP contribution in [-0.2, 0) is 13.8 Å². The number of carbonyl (C=O) groups is 1. The lowest BCUT2D eigenvalue weighted by Gasteiger charge is -2.17. The van der Waals surface area contributed by atoms with E-state index in [0.717, 1.165) is 6.42 Å². The summed E-state index contributed by atoms with van der Waals surface area (Å²) >= 11 is 3.25. The van der Waals surface area contributed by atoms with E-state index >= 15 is 0 Å². The first-order valence-electron chi connectivity index (χ1n) is 6.37. The van der Waals surface area contributed by atoms with Crippen LogP contribution in [0.15, 0.2) is 21.5 Å². The van der Waals surface area contributed by atoms with Crippen molar-refractivity contribution in [3.05, 3.63) is 27.7 Å². The van der Waals surface area contributed by atoms with Crippen LogP contribution in [-0.4, -0.2) is 33.1 Å². The minimum Gasteiger partial charge on any atom is -0.376 e. The summed E-state index contributed by atoms with van der Waals surface area (Å²) in [5.41, 5.74) is 0.936. The van der Waals surface area contributed by atoms with E-state index in [2.05, 4.69) is 21.2 Å².